The fourth-order valence-electron chi connectivity index (χ4n) is 6.16. The first-order chi connectivity index (χ1) is 20.9. The molecule has 0 aliphatic heterocycles. The van der Waals surface area contributed by atoms with Crippen LogP contribution in [0.15, 0.2) is 45.2 Å². The summed E-state index contributed by atoms with van der Waals surface area (Å²) in [6.45, 7) is 11.4. The first-order valence-electron chi connectivity index (χ1n) is 16.5. The van der Waals surface area contributed by atoms with E-state index in [1.807, 2.05) is 35.7 Å². The van der Waals surface area contributed by atoms with Gasteiger partial charge in [0.05, 0.1) is 9.75 Å². The Morgan fingerprint density at radius 1 is 0.721 bits per heavy atom. The fourth-order valence-corrected chi connectivity index (χ4v) is 8.63. The van der Waals surface area contributed by atoms with E-state index in [1.165, 1.54) is 100 Å². The molecule has 0 radical (unpaired) electrons. The SMILES string of the molecule is CCCCCCCCC(C)CCc1c2cc(-c3ccc(C#N)o3)sc2c(CCC(C)CC)c2cc(-c3ccc(C)o3)sc12. The van der Waals surface area contributed by atoms with Crippen molar-refractivity contribution in [1.29, 1.82) is 5.26 Å². The Balaban J connectivity index is 1.55. The van der Waals surface area contributed by atoms with Crippen LogP contribution in [-0.4, -0.2) is 0 Å². The Kier molecular flexibility index (Phi) is 10.9. The molecular formula is C38H47NO2S2. The summed E-state index contributed by atoms with van der Waals surface area (Å²) >= 11 is 3.73. The maximum absolute atomic E-state index is 9.38. The third kappa shape index (κ3) is 7.47. The number of aryl methyl sites for hydroxylation is 3. The van der Waals surface area contributed by atoms with Crippen LogP contribution in [0.5, 0.6) is 0 Å². The van der Waals surface area contributed by atoms with Crippen molar-refractivity contribution in [1.82, 2.24) is 0 Å². The van der Waals surface area contributed by atoms with Crippen LogP contribution in [0.4, 0.5) is 0 Å². The molecule has 0 aliphatic carbocycles. The quantitative estimate of drug-likeness (QED) is 0.104. The Bertz CT molecular complexity index is 1670. The minimum atomic E-state index is 0.368. The number of rotatable bonds is 16. The maximum atomic E-state index is 9.38. The predicted molar refractivity (Wildman–Crippen MR) is 185 cm³/mol. The molecule has 0 bridgehead atoms. The number of benzene rings is 1. The van der Waals surface area contributed by atoms with E-state index in [4.69, 9.17) is 8.83 Å². The van der Waals surface area contributed by atoms with E-state index < -0.39 is 0 Å². The number of furan rings is 2. The largest absolute Gasteiger partial charge is 0.461 e. The lowest BCUT2D eigenvalue weighted by atomic mass is 9.91. The third-order valence-electron chi connectivity index (χ3n) is 9.13. The van der Waals surface area contributed by atoms with Gasteiger partial charge in [-0.2, -0.15) is 5.26 Å². The summed E-state index contributed by atoms with van der Waals surface area (Å²) in [6, 6.07) is 14.8. The summed E-state index contributed by atoms with van der Waals surface area (Å²) in [5.74, 6) is 4.47. The van der Waals surface area contributed by atoms with Gasteiger partial charge in [-0.05, 0) is 103 Å². The lowest BCUT2D eigenvalue weighted by Crippen LogP contribution is -2.00. The summed E-state index contributed by atoms with van der Waals surface area (Å²) in [4.78, 5) is 2.33. The summed E-state index contributed by atoms with van der Waals surface area (Å²) in [5.41, 5.74) is 2.93. The highest BCUT2D eigenvalue weighted by Gasteiger charge is 2.22. The van der Waals surface area contributed by atoms with Crippen molar-refractivity contribution in [2.75, 3.05) is 0 Å². The molecule has 0 spiro atoms. The molecular weight excluding hydrogens is 567 g/mol. The number of nitriles is 1. The second-order valence-electron chi connectivity index (χ2n) is 12.6. The van der Waals surface area contributed by atoms with Gasteiger partial charge in [-0.25, -0.2) is 0 Å². The number of thiophene rings is 2. The molecule has 0 N–H and O–H groups in total. The smallest absolute Gasteiger partial charge is 0.204 e. The zero-order valence-electron chi connectivity index (χ0n) is 26.7. The molecule has 5 aromatic rings. The van der Waals surface area contributed by atoms with Crippen LogP contribution < -0.4 is 0 Å². The second-order valence-corrected chi connectivity index (χ2v) is 14.7. The molecule has 2 atom stereocenters. The van der Waals surface area contributed by atoms with Crippen LogP contribution in [0, 0.1) is 30.1 Å². The average Bonchev–Trinajstić information content (AvgIpc) is 3.82. The van der Waals surface area contributed by atoms with Gasteiger partial charge in [-0.1, -0.05) is 79.1 Å². The number of unbranched alkanes of at least 4 members (excludes halogenated alkanes) is 5. The van der Waals surface area contributed by atoms with Gasteiger partial charge in [-0.15, -0.1) is 22.7 Å². The first kappa shape index (κ1) is 31.6. The highest BCUT2D eigenvalue weighted by atomic mass is 32.1. The van der Waals surface area contributed by atoms with Gasteiger partial charge in [0, 0.05) is 9.40 Å². The Morgan fingerprint density at radius 3 is 1.86 bits per heavy atom. The van der Waals surface area contributed by atoms with Crippen molar-refractivity contribution in [3.63, 3.8) is 0 Å². The predicted octanol–water partition coefficient (Wildman–Crippen LogP) is 13.1. The van der Waals surface area contributed by atoms with Crippen LogP contribution in [0.2, 0.25) is 0 Å². The van der Waals surface area contributed by atoms with E-state index in [1.54, 1.807) is 6.07 Å². The normalized spacial score (nSPS) is 13.2. The second kappa shape index (κ2) is 14.8. The van der Waals surface area contributed by atoms with Crippen molar-refractivity contribution in [2.24, 2.45) is 11.8 Å². The monoisotopic (exact) mass is 613 g/mol. The molecule has 0 aliphatic rings. The standard InChI is InChI=1S/C38H47NO2S2/c1-6-8-9-10-11-12-13-26(4)15-19-30-32-23-36(34-21-17-28(24-39)41-34)43-37(32)29(18-14-25(3)7-2)31-22-35(42-38(30)31)33-20-16-27(5)40-33/h16-17,20-23,25-26H,6-15,18-19H2,1-5H3. The van der Waals surface area contributed by atoms with E-state index >= 15 is 0 Å². The highest BCUT2D eigenvalue weighted by molar-refractivity contribution is 7.24. The third-order valence-corrected chi connectivity index (χ3v) is 11.5. The van der Waals surface area contributed by atoms with Crippen molar-refractivity contribution in [3.05, 3.63) is 59.0 Å². The lowest BCUT2D eigenvalue weighted by Gasteiger charge is -2.15. The van der Waals surface area contributed by atoms with Gasteiger partial charge < -0.3 is 8.83 Å². The zero-order chi connectivity index (χ0) is 30.3. The van der Waals surface area contributed by atoms with E-state index in [9.17, 15) is 5.26 Å². The molecule has 0 amide bonds. The summed E-state index contributed by atoms with van der Waals surface area (Å²) < 4.78 is 14.8. The molecule has 4 aromatic heterocycles. The van der Waals surface area contributed by atoms with E-state index in [0.29, 0.717) is 17.6 Å². The zero-order valence-corrected chi connectivity index (χ0v) is 28.3. The van der Waals surface area contributed by atoms with E-state index in [-0.39, 0.29) is 0 Å². The van der Waals surface area contributed by atoms with Crippen LogP contribution in [0.3, 0.4) is 0 Å². The summed E-state index contributed by atoms with van der Waals surface area (Å²) in [7, 11) is 0. The maximum Gasteiger partial charge on any atom is 0.204 e. The minimum absolute atomic E-state index is 0.368. The molecule has 5 heteroatoms. The lowest BCUT2D eigenvalue weighted by molar-refractivity contribution is 0.457. The van der Waals surface area contributed by atoms with Gasteiger partial charge in [0.25, 0.3) is 0 Å². The summed E-state index contributed by atoms with van der Waals surface area (Å²) in [5, 5.41) is 12.2. The molecule has 3 nitrogen and oxygen atoms in total. The number of hydrogen-bond donors (Lipinski definition) is 0. The topological polar surface area (TPSA) is 50.1 Å². The van der Waals surface area contributed by atoms with Crippen LogP contribution in [0.1, 0.15) is 115 Å². The van der Waals surface area contributed by atoms with Crippen molar-refractivity contribution < 1.29 is 8.83 Å². The number of nitrogens with zero attached hydrogens (tertiary/aromatic N) is 1. The average molecular weight is 614 g/mol. The van der Waals surface area contributed by atoms with E-state index in [0.717, 1.165) is 35.0 Å². The van der Waals surface area contributed by atoms with Gasteiger partial charge in [0.1, 0.15) is 23.3 Å². The van der Waals surface area contributed by atoms with Gasteiger partial charge in [0.15, 0.2) is 0 Å². The molecule has 2 unspecified atom stereocenters. The molecule has 43 heavy (non-hydrogen) atoms. The van der Waals surface area contributed by atoms with Gasteiger partial charge in [-0.3, -0.25) is 0 Å². The van der Waals surface area contributed by atoms with Crippen LogP contribution in [-0.2, 0) is 12.8 Å². The first-order valence-corrected chi connectivity index (χ1v) is 18.1. The molecule has 5 rings (SSSR count). The molecule has 0 saturated carbocycles. The van der Waals surface area contributed by atoms with Gasteiger partial charge in [0.2, 0.25) is 5.76 Å². The number of fused-ring (bicyclic) bond motifs is 2. The molecule has 4 heterocycles. The van der Waals surface area contributed by atoms with Crippen LogP contribution in [0.25, 0.3) is 41.4 Å². The molecule has 228 valence electrons. The summed E-state index contributed by atoms with van der Waals surface area (Å²) in [6.07, 6.45) is 15.2. The Hall–Kier alpha value is -2.81. The fraction of sp³-hybridized carbons (Fsp3) is 0.500. The van der Waals surface area contributed by atoms with Crippen molar-refractivity contribution >= 4 is 42.8 Å². The van der Waals surface area contributed by atoms with Crippen molar-refractivity contribution in [2.45, 2.75) is 112 Å². The molecule has 0 saturated heterocycles. The molecule has 1 aromatic carbocycles. The highest BCUT2D eigenvalue weighted by Crippen LogP contribution is 2.47. The molecule has 0 fully saturated rings. The Morgan fingerprint density at radius 2 is 1.30 bits per heavy atom. The van der Waals surface area contributed by atoms with E-state index in [2.05, 4.69) is 58.0 Å². The van der Waals surface area contributed by atoms with Crippen LogP contribution >= 0.6 is 22.7 Å². The van der Waals surface area contributed by atoms with Gasteiger partial charge >= 0.3 is 0 Å². The minimum Gasteiger partial charge on any atom is -0.461 e. The van der Waals surface area contributed by atoms with Crippen molar-refractivity contribution in [3.8, 4) is 27.3 Å². The Labute approximate surface area is 265 Å². The number of hydrogen-bond acceptors (Lipinski definition) is 5.